The Morgan fingerprint density at radius 3 is 2.09 bits per heavy atom. The molecule has 120 valence electrons. The van der Waals surface area contributed by atoms with Crippen LogP contribution in [0.1, 0.15) is 50.9 Å². The molecule has 0 saturated carbocycles. The van der Waals surface area contributed by atoms with Gasteiger partial charge in [-0.15, -0.1) is 0 Å². The van der Waals surface area contributed by atoms with Gasteiger partial charge in [0.1, 0.15) is 0 Å². The van der Waals surface area contributed by atoms with Crippen LogP contribution in [0.3, 0.4) is 0 Å². The molecule has 0 saturated heterocycles. The molecule has 0 atom stereocenters. The fourth-order valence-electron chi connectivity index (χ4n) is 2.90. The highest BCUT2D eigenvalue weighted by atomic mass is 35.5. The molecule has 3 heteroatoms. The van der Waals surface area contributed by atoms with Crippen molar-refractivity contribution in [3.63, 3.8) is 0 Å². The van der Waals surface area contributed by atoms with Gasteiger partial charge in [-0.3, -0.25) is 9.97 Å². The summed E-state index contributed by atoms with van der Waals surface area (Å²) in [5, 5.41) is 2.83. The van der Waals surface area contributed by atoms with Gasteiger partial charge < -0.3 is 0 Å². The van der Waals surface area contributed by atoms with Crippen molar-refractivity contribution in [3.05, 3.63) is 46.7 Å². The Morgan fingerprint density at radius 2 is 1.43 bits per heavy atom. The number of nitrogens with zero attached hydrogens (tertiary/aromatic N) is 2. The molecule has 2 nitrogen and oxygen atoms in total. The number of aromatic nitrogens is 2. The molecule has 2 heterocycles. The highest BCUT2D eigenvalue weighted by Gasteiger charge is 2.10. The lowest BCUT2D eigenvalue weighted by Crippen LogP contribution is -1.95. The molecule has 0 radical (unpaired) electrons. The van der Waals surface area contributed by atoms with Gasteiger partial charge in [-0.25, -0.2) is 0 Å². The van der Waals surface area contributed by atoms with Gasteiger partial charge >= 0.3 is 0 Å². The van der Waals surface area contributed by atoms with Gasteiger partial charge in [0.2, 0.25) is 0 Å². The molecule has 3 rings (SSSR count). The van der Waals surface area contributed by atoms with Gasteiger partial charge in [-0.2, -0.15) is 0 Å². The SMILES string of the molecule is CCCCc1ccc2cc(Cl)c3ccc(CCCC)nc3c2n1. The van der Waals surface area contributed by atoms with Crippen LogP contribution in [-0.2, 0) is 12.8 Å². The summed E-state index contributed by atoms with van der Waals surface area (Å²) in [6.07, 6.45) is 6.71. The number of hydrogen-bond donors (Lipinski definition) is 0. The third kappa shape index (κ3) is 3.48. The fourth-order valence-corrected chi connectivity index (χ4v) is 3.17. The zero-order chi connectivity index (χ0) is 16.2. The van der Waals surface area contributed by atoms with Crippen LogP contribution in [0, 0.1) is 0 Å². The van der Waals surface area contributed by atoms with Gasteiger partial charge in [0.15, 0.2) is 0 Å². The van der Waals surface area contributed by atoms with Crippen LogP contribution in [0.25, 0.3) is 21.8 Å². The maximum Gasteiger partial charge on any atom is 0.0982 e. The van der Waals surface area contributed by atoms with Crippen LogP contribution in [0.4, 0.5) is 0 Å². The van der Waals surface area contributed by atoms with Crippen LogP contribution in [0.15, 0.2) is 30.3 Å². The smallest absolute Gasteiger partial charge is 0.0982 e. The first kappa shape index (κ1) is 16.2. The third-order valence-corrected chi connectivity index (χ3v) is 4.59. The standard InChI is InChI=1S/C20H23ClN2/c1-3-5-7-15-10-9-14-13-18(21)17-12-11-16(8-6-4-2)23-20(17)19(14)22-15/h9-13H,3-8H2,1-2H3. The molecule has 23 heavy (non-hydrogen) atoms. The molecular weight excluding hydrogens is 304 g/mol. The lowest BCUT2D eigenvalue weighted by molar-refractivity contribution is 0.778. The van der Waals surface area contributed by atoms with Gasteiger partial charge in [0.25, 0.3) is 0 Å². The maximum absolute atomic E-state index is 6.45. The topological polar surface area (TPSA) is 25.8 Å². The second-order valence-corrected chi connectivity index (χ2v) is 6.55. The van der Waals surface area contributed by atoms with E-state index in [0.29, 0.717) is 0 Å². The molecule has 0 amide bonds. The van der Waals surface area contributed by atoms with E-state index in [1.165, 1.54) is 19.3 Å². The van der Waals surface area contributed by atoms with E-state index in [1.807, 2.05) is 6.07 Å². The third-order valence-electron chi connectivity index (χ3n) is 4.27. The summed E-state index contributed by atoms with van der Waals surface area (Å²) < 4.78 is 0. The van der Waals surface area contributed by atoms with Crippen molar-refractivity contribution >= 4 is 33.4 Å². The van der Waals surface area contributed by atoms with Gasteiger partial charge in [-0.1, -0.05) is 44.4 Å². The van der Waals surface area contributed by atoms with E-state index >= 15 is 0 Å². The first-order chi connectivity index (χ1) is 11.2. The van der Waals surface area contributed by atoms with E-state index in [-0.39, 0.29) is 0 Å². The minimum Gasteiger partial charge on any atom is -0.251 e. The number of pyridine rings is 2. The molecule has 0 unspecified atom stereocenters. The summed E-state index contributed by atoms with van der Waals surface area (Å²) >= 11 is 6.45. The first-order valence-corrected chi connectivity index (χ1v) is 8.98. The molecule has 1 aromatic carbocycles. The van der Waals surface area contributed by atoms with Crippen molar-refractivity contribution in [1.29, 1.82) is 0 Å². The van der Waals surface area contributed by atoms with Crippen molar-refractivity contribution in [2.45, 2.75) is 52.4 Å². The van der Waals surface area contributed by atoms with Crippen LogP contribution in [0.2, 0.25) is 5.02 Å². The van der Waals surface area contributed by atoms with Crippen LogP contribution in [-0.4, -0.2) is 9.97 Å². The van der Waals surface area contributed by atoms with Gasteiger partial charge in [0.05, 0.1) is 16.1 Å². The normalized spacial score (nSPS) is 11.4. The Labute approximate surface area is 142 Å². The predicted molar refractivity (Wildman–Crippen MR) is 99.3 cm³/mol. The van der Waals surface area contributed by atoms with Crippen LogP contribution in [0.5, 0.6) is 0 Å². The van der Waals surface area contributed by atoms with E-state index in [1.54, 1.807) is 0 Å². The molecule has 3 aromatic rings. The van der Waals surface area contributed by atoms with E-state index in [4.69, 9.17) is 21.6 Å². The van der Waals surface area contributed by atoms with Gasteiger partial charge in [0, 0.05) is 22.2 Å². The molecule has 0 aliphatic carbocycles. The Morgan fingerprint density at radius 1 is 0.826 bits per heavy atom. The number of rotatable bonds is 6. The average Bonchev–Trinajstić information content (AvgIpc) is 2.58. The Bertz CT molecular complexity index is 827. The highest BCUT2D eigenvalue weighted by Crippen LogP contribution is 2.30. The number of fused-ring (bicyclic) bond motifs is 3. The monoisotopic (exact) mass is 326 g/mol. The zero-order valence-electron chi connectivity index (χ0n) is 13.9. The lowest BCUT2D eigenvalue weighted by Gasteiger charge is -2.09. The van der Waals surface area contributed by atoms with Crippen molar-refractivity contribution in [2.75, 3.05) is 0 Å². The number of unbranched alkanes of at least 4 members (excludes halogenated alkanes) is 2. The average molecular weight is 327 g/mol. The summed E-state index contributed by atoms with van der Waals surface area (Å²) in [6.45, 7) is 4.41. The molecular formula is C20H23ClN2. The second-order valence-electron chi connectivity index (χ2n) is 6.14. The van der Waals surface area contributed by atoms with Crippen molar-refractivity contribution < 1.29 is 0 Å². The summed E-state index contributed by atoms with van der Waals surface area (Å²) in [5.41, 5.74) is 4.20. The molecule has 0 N–H and O–H groups in total. The highest BCUT2D eigenvalue weighted by molar-refractivity contribution is 6.37. The van der Waals surface area contributed by atoms with Crippen molar-refractivity contribution in [3.8, 4) is 0 Å². The fraction of sp³-hybridized carbons (Fsp3) is 0.400. The molecule has 2 aromatic heterocycles. The minimum absolute atomic E-state index is 0.755. The van der Waals surface area contributed by atoms with E-state index < -0.39 is 0 Å². The van der Waals surface area contributed by atoms with Gasteiger partial charge in [-0.05, 0) is 49.9 Å². The number of halogens is 1. The first-order valence-electron chi connectivity index (χ1n) is 8.60. The minimum atomic E-state index is 0.755. The number of hydrogen-bond acceptors (Lipinski definition) is 2. The molecule has 0 spiro atoms. The van der Waals surface area contributed by atoms with Crippen LogP contribution >= 0.6 is 11.6 Å². The van der Waals surface area contributed by atoms with E-state index in [0.717, 1.165) is 57.5 Å². The quantitative estimate of drug-likeness (QED) is 0.510. The largest absolute Gasteiger partial charge is 0.251 e. The molecule has 0 bridgehead atoms. The molecule has 0 aliphatic rings. The maximum atomic E-state index is 6.45. The Hall–Kier alpha value is -1.67. The number of aryl methyl sites for hydroxylation is 2. The Kier molecular flexibility index (Phi) is 5.12. The van der Waals surface area contributed by atoms with Crippen LogP contribution < -0.4 is 0 Å². The van der Waals surface area contributed by atoms with Crippen molar-refractivity contribution in [1.82, 2.24) is 9.97 Å². The summed E-state index contributed by atoms with van der Waals surface area (Å²) in [4.78, 5) is 9.76. The summed E-state index contributed by atoms with van der Waals surface area (Å²) in [6, 6.07) is 10.4. The van der Waals surface area contributed by atoms with Crippen molar-refractivity contribution in [2.24, 2.45) is 0 Å². The second kappa shape index (κ2) is 7.27. The molecule has 0 aliphatic heterocycles. The number of benzene rings is 1. The lowest BCUT2D eigenvalue weighted by atomic mass is 10.1. The zero-order valence-corrected chi connectivity index (χ0v) is 14.7. The van der Waals surface area contributed by atoms with E-state index in [2.05, 4.69) is 38.1 Å². The summed E-state index contributed by atoms with van der Waals surface area (Å²) in [5.74, 6) is 0. The molecule has 0 fully saturated rings. The predicted octanol–water partition coefficient (Wildman–Crippen LogP) is 6.12. The Balaban J connectivity index is 2.15. The summed E-state index contributed by atoms with van der Waals surface area (Å²) in [7, 11) is 0. The van der Waals surface area contributed by atoms with E-state index in [9.17, 15) is 0 Å².